The van der Waals surface area contributed by atoms with Crippen molar-refractivity contribution in [2.24, 2.45) is 5.92 Å². The topological polar surface area (TPSA) is 71.8 Å². The molecule has 4 aliphatic rings. The SMILES string of the molecule is CC1CC=CC2=C1C(Cn1c(O)c(C3CCc4cc(OC5CN(CC(F)(F)F)C(=O)c6ccccc65)ccc43)sc1=O)c1ccccc12. The summed E-state index contributed by atoms with van der Waals surface area (Å²) in [5.74, 6) is 0.0269. The number of rotatable bonds is 6. The molecule has 3 aliphatic carbocycles. The van der Waals surface area contributed by atoms with E-state index in [1.165, 1.54) is 32.9 Å². The van der Waals surface area contributed by atoms with Crippen LogP contribution in [-0.4, -0.2) is 39.7 Å². The van der Waals surface area contributed by atoms with Gasteiger partial charge < -0.3 is 14.7 Å². The highest BCUT2D eigenvalue weighted by Gasteiger charge is 2.40. The number of ether oxygens (including phenoxy) is 1. The molecule has 0 bridgehead atoms. The van der Waals surface area contributed by atoms with Crippen LogP contribution in [0.2, 0.25) is 0 Å². The summed E-state index contributed by atoms with van der Waals surface area (Å²) in [4.78, 5) is 27.5. The number of hydrogen-bond acceptors (Lipinski definition) is 5. The summed E-state index contributed by atoms with van der Waals surface area (Å²) in [5.41, 5.74) is 7.69. The number of thiazole rings is 1. The Hall–Kier alpha value is -4.57. The molecule has 246 valence electrons. The lowest BCUT2D eigenvalue weighted by atomic mass is 9.83. The molecule has 4 atom stereocenters. The molecule has 1 aromatic heterocycles. The van der Waals surface area contributed by atoms with Gasteiger partial charge in [-0.1, -0.05) is 78.9 Å². The normalized spacial score (nSPS) is 22.8. The van der Waals surface area contributed by atoms with E-state index < -0.39 is 24.7 Å². The molecule has 4 unspecified atom stereocenters. The molecule has 10 heteroatoms. The number of aromatic nitrogens is 1. The smallest absolute Gasteiger partial charge is 0.406 e. The summed E-state index contributed by atoms with van der Waals surface area (Å²) in [6.07, 6.45) is 1.45. The van der Waals surface area contributed by atoms with Gasteiger partial charge in [0.1, 0.15) is 18.4 Å². The van der Waals surface area contributed by atoms with Gasteiger partial charge in [-0.2, -0.15) is 13.2 Å². The molecule has 6 nitrogen and oxygen atoms in total. The fraction of sp³-hybridized carbons (Fsp3) is 0.316. The highest BCUT2D eigenvalue weighted by Crippen LogP contribution is 2.50. The first-order valence-electron chi connectivity index (χ1n) is 16.2. The molecule has 0 saturated heterocycles. The van der Waals surface area contributed by atoms with E-state index in [-0.39, 0.29) is 34.7 Å². The van der Waals surface area contributed by atoms with Crippen molar-refractivity contribution in [2.45, 2.75) is 56.8 Å². The number of nitrogens with zero attached hydrogens (tertiary/aromatic N) is 2. The maximum Gasteiger partial charge on any atom is 0.406 e. The number of hydrogen-bond donors (Lipinski definition) is 1. The quantitative estimate of drug-likeness (QED) is 0.226. The van der Waals surface area contributed by atoms with Crippen LogP contribution >= 0.6 is 11.3 Å². The Morgan fingerprint density at radius 1 is 0.979 bits per heavy atom. The van der Waals surface area contributed by atoms with E-state index in [1.54, 1.807) is 24.3 Å². The molecule has 1 N–H and O–H groups in total. The Kier molecular flexibility index (Phi) is 7.39. The molecule has 2 heterocycles. The van der Waals surface area contributed by atoms with Gasteiger partial charge >= 0.3 is 11.0 Å². The number of carbonyl (C=O) groups is 1. The van der Waals surface area contributed by atoms with E-state index >= 15 is 0 Å². The van der Waals surface area contributed by atoms with Gasteiger partial charge in [0.15, 0.2) is 0 Å². The van der Waals surface area contributed by atoms with Crippen LogP contribution in [0.4, 0.5) is 13.2 Å². The number of aromatic hydroxyl groups is 1. The molecule has 4 aromatic rings. The molecular formula is C38H33F3N2O4S. The van der Waals surface area contributed by atoms with Crippen molar-refractivity contribution in [1.82, 2.24) is 9.47 Å². The van der Waals surface area contributed by atoms with E-state index in [4.69, 9.17) is 4.74 Å². The van der Waals surface area contributed by atoms with Gasteiger partial charge in [0.2, 0.25) is 5.88 Å². The molecule has 0 saturated carbocycles. The molecule has 0 fully saturated rings. The summed E-state index contributed by atoms with van der Waals surface area (Å²) in [7, 11) is 0. The van der Waals surface area contributed by atoms with Gasteiger partial charge in [-0.15, -0.1) is 0 Å². The lowest BCUT2D eigenvalue weighted by Crippen LogP contribution is -2.46. The fourth-order valence-electron chi connectivity index (χ4n) is 8.13. The first-order chi connectivity index (χ1) is 23.1. The number of aryl methyl sites for hydroxylation is 1. The third-order valence-electron chi connectivity index (χ3n) is 10.2. The van der Waals surface area contributed by atoms with E-state index in [0.717, 1.165) is 33.8 Å². The summed E-state index contributed by atoms with van der Waals surface area (Å²) >= 11 is 1.09. The van der Waals surface area contributed by atoms with Crippen molar-refractivity contribution in [3.63, 3.8) is 0 Å². The first-order valence-corrected chi connectivity index (χ1v) is 17.1. The Bertz CT molecular complexity index is 2080. The highest BCUT2D eigenvalue weighted by atomic mass is 32.1. The van der Waals surface area contributed by atoms with Gasteiger partial charge in [0.25, 0.3) is 5.91 Å². The van der Waals surface area contributed by atoms with Gasteiger partial charge in [-0.3, -0.25) is 14.2 Å². The number of allylic oxidation sites excluding steroid dienone is 4. The highest BCUT2D eigenvalue weighted by molar-refractivity contribution is 7.09. The summed E-state index contributed by atoms with van der Waals surface area (Å²) < 4.78 is 47.7. The minimum atomic E-state index is -4.53. The molecule has 0 spiro atoms. The third kappa shape index (κ3) is 5.17. The van der Waals surface area contributed by atoms with Crippen LogP contribution in [-0.2, 0) is 13.0 Å². The van der Waals surface area contributed by atoms with E-state index in [2.05, 4.69) is 31.2 Å². The van der Waals surface area contributed by atoms with Gasteiger partial charge in [0.05, 0.1) is 11.4 Å². The lowest BCUT2D eigenvalue weighted by Gasteiger charge is -2.34. The monoisotopic (exact) mass is 670 g/mol. The number of carbonyl (C=O) groups excluding carboxylic acids is 1. The van der Waals surface area contributed by atoms with Crippen LogP contribution in [0, 0.1) is 5.92 Å². The summed E-state index contributed by atoms with van der Waals surface area (Å²) in [6, 6.07) is 20.5. The van der Waals surface area contributed by atoms with Crippen molar-refractivity contribution in [3.8, 4) is 11.6 Å². The zero-order valence-corrected chi connectivity index (χ0v) is 27.0. The molecule has 1 aliphatic heterocycles. The Balaban J connectivity index is 1.05. The largest absolute Gasteiger partial charge is 0.494 e. The third-order valence-corrected chi connectivity index (χ3v) is 11.3. The minimum absolute atomic E-state index is 0.00467. The standard InChI is InChI=1S/C38H33F3N2O4S/c1-21-7-6-12-28-25-8-2-3-9-26(25)31(33(21)28)18-43-36(45)34(48-37(43)46)29-15-13-22-17-23(14-16-24(22)29)47-32-19-42(20-38(39,40)41)35(44)30-11-5-4-10-27(30)32/h2-6,8-12,14,16-17,21,29,31-32,45H,7,13,15,18-20H2,1H3. The van der Waals surface area contributed by atoms with E-state index in [9.17, 15) is 27.9 Å². The summed E-state index contributed by atoms with van der Waals surface area (Å²) in [5, 5.41) is 11.6. The average Bonchev–Trinajstić information content (AvgIpc) is 3.71. The Labute approximate surface area is 279 Å². The number of benzene rings is 3. The predicted molar refractivity (Wildman–Crippen MR) is 178 cm³/mol. The second-order valence-corrected chi connectivity index (χ2v) is 14.2. The predicted octanol–water partition coefficient (Wildman–Crippen LogP) is 7.98. The van der Waals surface area contributed by atoms with Crippen molar-refractivity contribution in [2.75, 3.05) is 13.1 Å². The van der Waals surface area contributed by atoms with Gasteiger partial charge in [-0.25, -0.2) is 0 Å². The van der Waals surface area contributed by atoms with Crippen molar-refractivity contribution in [3.05, 3.63) is 132 Å². The minimum Gasteiger partial charge on any atom is -0.494 e. The van der Waals surface area contributed by atoms with Crippen molar-refractivity contribution in [1.29, 1.82) is 0 Å². The maximum atomic E-state index is 13.5. The van der Waals surface area contributed by atoms with Crippen LogP contribution in [0.3, 0.4) is 0 Å². The zero-order valence-electron chi connectivity index (χ0n) is 26.2. The van der Waals surface area contributed by atoms with Crippen LogP contribution in [0.15, 0.2) is 89.2 Å². The molecular weight excluding hydrogens is 637 g/mol. The number of amides is 1. The Morgan fingerprint density at radius 2 is 1.73 bits per heavy atom. The lowest BCUT2D eigenvalue weighted by molar-refractivity contribution is -0.143. The van der Waals surface area contributed by atoms with Gasteiger partial charge in [-0.05, 0) is 76.8 Å². The van der Waals surface area contributed by atoms with E-state index in [0.29, 0.717) is 41.5 Å². The maximum absolute atomic E-state index is 13.5. The molecule has 1 amide bonds. The molecule has 48 heavy (non-hydrogen) atoms. The number of halogens is 3. The molecule has 0 radical (unpaired) electrons. The Morgan fingerprint density at radius 3 is 2.52 bits per heavy atom. The van der Waals surface area contributed by atoms with Crippen molar-refractivity contribution < 1.29 is 27.8 Å². The molecule has 3 aromatic carbocycles. The first kappa shape index (κ1) is 30.7. The second-order valence-electron chi connectivity index (χ2n) is 13.2. The van der Waals surface area contributed by atoms with Crippen molar-refractivity contribution >= 4 is 22.8 Å². The van der Waals surface area contributed by atoms with Gasteiger partial charge in [0, 0.05) is 29.5 Å². The number of alkyl halides is 3. The zero-order chi connectivity index (χ0) is 33.3. The molecule has 8 rings (SSSR count). The fourth-order valence-corrected chi connectivity index (χ4v) is 9.18. The average molecular weight is 671 g/mol. The van der Waals surface area contributed by atoms with Crippen LogP contribution in [0.1, 0.15) is 80.8 Å². The van der Waals surface area contributed by atoms with Crippen LogP contribution in [0.5, 0.6) is 11.6 Å². The van der Waals surface area contributed by atoms with Crippen LogP contribution in [0.25, 0.3) is 5.57 Å². The van der Waals surface area contributed by atoms with E-state index in [1.807, 2.05) is 24.3 Å². The second kappa shape index (κ2) is 11.5. The van der Waals surface area contributed by atoms with Crippen LogP contribution < -0.4 is 9.61 Å². The number of fused-ring (bicyclic) bond motifs is 4. The summed E-state index contributed by atoms with van der Waals surface area (Å²) in [6.45, 7) is 1.03.